The van der Waals surface area contributed by atoms with Gasteiger partial charge in [-0.3, -0.25) is 14.2 Å². The average molecular weight is 369 g/mol. The van der Waals surface area contributed by atoms with Crippen molar-refractivity contribution >= 4 is 27.5 Å². The minimum atomic E-state index is -0.417. The van der Waals surface area contributed by atoms with Crippen molar-refractivity contribution in [2.75, 3.05) is 0 Å². The normalized spacial score (nSPS) is 11.2. The van der Waals surface area contributed by atoms with Crippen LogP contribution in [0.15, 0.2) is 28.4 Å². The number of nitrogens with two attached hydrogens (primary N) is 1. The lowest BCUT2D eigenvalue weighted by Gasteiger charge is -2.12. The molecule has 0 fully saturated rings. The number of hydrogen-bond donors (Lipinski definition) is 1. The van der Waals surface area contributed by atoms with Crippen LogP contribution in [0.2, 0.25) is 0 Å². The summed E-state index contributed by atoms with van der Waals surface area (Å²) in [5.74, 6) is 0.305. The number of amides is 1. The van der Waals surface area contributed by atoms with Crippen molar-refractivity contribution in [3.63, 3.8) is 0 Å². The molecular weight excluding hydrogens is 346 g/mol. The Morgan fingerprint density at radius 3 is 2.69 bits per heavy atom. The summed E-state index contributed by atoms with van der Waals surface area (Å²) < 4.78 is 1.62. The summed E-state index contributed by atoms with van der Waals surface area (Å²) in [6.45, 7) is 6.45. The van der Waals surface area contributed by atoms with E-state index in [0.29, 0.717) is 11.8 Å². The lowest BCUT2D eigenvalue weighted by atomic mass is 10.0. The molecule has 2 aromatic heterocycles. The second-order valence-corrected chi connectivity index (χ2v) is 7.44. The topological polar surface area (TPSA) is 78.0 Å². The highest BCUT2D eigenvalue weighted by Crippen LogP contribution is 2.32. The van der Waals surface area contributed by atoms with Crippen molar-refractivity contribution in [2.45, 2.75) is 46.6 Å². The van der Waals surface area contributed by atoms with Crippen LogP contribution in [0.5, 0.6) is 0 Å². The van der Waals surface area contributed by atoms with Crippen LogP contribution in [0.3, 0.4) is 0 Å². The number of nitrogens with zero attached hydrogens (tertiary/aromatic N) is 2. The van der Waals surface area contributed by atoms with Crippen LogP contribution in [-0.2, 0) is 17.8 Å². The molecule has 2 heterocycles. The van der Waals surface area contributed by atoms with E-state index >= 15 is 0 Å². The Kier molecular flexibility index (Phi) is 5.23. The molecule has 0 aliphatic rings. The van der Waals surface area contributed by atoms with Gasteiger partial charge < -0.3 is 5.73 Å². The predicted octanol–water partition coefficient (Wildman–Crippen LogP) is 3.57. The van der Waals surface area contributed by atoms with Crippen LogP contribution in [0.4, 0.5) is 0 Å². The molecule has 136 valence electrons. The number of aromatic nitrogens is 2. The molecule has 5 nitrogen and oxygen atoms in total. The highest BCUT2D eigenvalue weighted by Gasteiger charge is 2.17. The first kappa shape index (κ1) is 18.3. The molecule has 0 aliphatic carbocycles. The zero-order valence-corrected chi connectivity index (χ0v) is 16.2. The number of primary amides is 1. The number of aryl methyl sites for hydroxylation is 3. The second-order valence-electron chi connectivity index (χ2n) is 6.58. The van der Waals surface area contributed by atoms with Gasteiger partial charge in [-0.15, -0.1) is 11.3 Å². The van der Waals surface area contributed by atoms with Crippen molar-refractivity contribution < 1.29 is 4.79 Å². The summed E-state index contributed by atoms with van der Waals surface area (Å²) in [5.41, 5.74) is 9.52. The molecular formula is C20H23N3O2S. The molecule has 3 aromatic rings. The molecule has 1 amide bonds. The van der Waals surface area contributed by atoms with Crippen LogP contribution < -0.4 is 11.3 Å². The summed E-state index contributed by atoms with van der Waals surface area (Å²) >= 11 is 1.49. The number of rotatable bonds is 6. The third-order valence-corrected chi connectivity index (χ3v) is 5.52. The maximum atomic E-state index is 13.2. The van der Waals surface area contributed by atoms with Gasteiger partial charge in [0.1, 0.15) is 10.7 Å². The summed E-state index contributed by atoms with van der Waals surface area (Å²) in [7, 11) is 0. The Balaban J connectivity index is 2.21. The number of benzene rings is 1. The van der Waals surface area contributed by atoms with E-state index in [4.69, 9.17) is 10.7 Å². The first-order valence-electron chi connectivity index (χ1n) is 8.79. The first-order valence-corrected chi connectivity index (χ1v) is 9.67. The van der Waals surface area contributed by atoms with Crippen LogP contribution in [0.25, 0.3) is 21.3 Å². The van der Waals surface area contributed by atoms with Crippen molar-refractivity contribution in [1.29, 1.82) is 0 Å². The Bertz CT molecular complexity index is 1030. The smallest absolute Gasteiger partial charge is 0.262 e. The zero-order chi connectivity index (χ0) is 18.8. The largest absolute Gasteiger partial charge is 0.370 e. The number of carbonyl (C=O) groups is 1. The Morgan fingerprint density at radius 2 is 2.04 bits per heavy atom. The fraction of sp³-hybridized carbons (Fsp3) is 0.350. The van der Waals surface area contributed by atoms with Crippen molar-refractivity contribution in [2.24, 2.45) is 5.73 Å². The minimum Gasteiger partial charge on any atom is -0.370 e. The molecule has 0 unspecified atom stereocenters. The molecule has 3 rings (SSSR count). The van der Waals surface area contributed by atoms with Gasteiger partial charge in [-0.2, -0.15) is 0 Å². The number of thiophene rings is 1. The summed E-state index contributed by atoms with van der Waals surface area (Å²) in [5, 5.41) is 2.62. The van der Waals surface area contributed by atoms with E-state index in [0.717, 1.165) is 28.2 Å². The molecule has 0 saturated carbocycles. The minimum absolute atomic E-state index is 0.0887. The van der Waals surface area contributed by atoms with Crippen molar-refractivity contribution in [1.82, 2.24) is 9.55 Å². The van der Waals surface area contributed by atoms with E-state index in [1.54, 1.807) is 4.57 Å². The monoisotopic (exact) mass is 369 g/mol. The van der Waals surface area contributed by atoms with Gasteiger partial charge in [0.05, 0.1) is 5.39 Å². The molecule has 6 heteroatoms. The summed E-state index contributed by atoms with van der Waals surface area (Å²) in [6.07, 6.45) is 1.71. The van der Waals surface area contributed by atoms with E-state index in [2.05, 4.69) is 26.0 Å². The highest BCUT2D eigenvalue weighted by molar-refractivity contribution is 7.17. The van der Waals surface area contributed by atoms with Crippen LogP contribution in [0.1, 0.15) is 36.7 Å². The van der Waals surface area contributed by atoms with Crippen molar-refractivity contribution in [3.05, 3.63) is 50.9 Å². The first-order chi connectivity index (χ1) is 12.4. The van der Waals surface area contributed by atoms with Crippen LogP contribution in [-0.4, -0.2) is 15.5 Å². The second kappa shape index (κ2) is 7.41. The fourth-order valence-electron chi connectivity index (χ4n) is 3.05. The molecule has 2 N–H and O–H groups in total. The third kappa shape index (κ3) is 3.42. The van der Waals surface area contributed by atoms with Gasteiger partial charge in [-0.05, 0) is 37.0 Å². The van der Waals surface area contributed by atoms with Gasteiger partial charge in [0.25, 0.3) is 5.56 Å². The van der Waals surface area contributed by atoms with E-state index in [-0.39, 0.29) is 18.5 Å². The number of fused-ring (bicyclic) bond motifs is 1. The van der Waals surface area contributed by atoms with Gasteiger partial charge in [-0.1, -0.05) is 25.1 Å². The van der Waals surface area contributed by atoms with Gasteiger partial charge in [-0.25, -0.2) is 4.98 Å². The average Bonchev–Trinajstić information content (AvgIpc) is 3.01. The maximum Gasteiger partial charge on any atom is 0.262 e. The Labute approximate surface area is 156 Å². The van der Waals surface area contributed by atoms with E-state index in [1.807, 2.05) is 18.4 Å². The van der Waals surface area contributed by atoms with Gasteiger partial charge in [0.15, 0.2) is 0 Å². The summed E-state index contributed by atoms with van der Waals surface area (Å²) in [6, 6.07) is 6.21. The van der Waals surface area contributed by atoms with Gasteiger partial charge in [0, 0.05) is 30.3 Å². The number of hydrogen-bond acceptors (Lipinski definition) is 4. The predicted molar refractivity (Wildman–Crippen MR) is 107 cm³/mol. The van der Waals surface area contributed by atoms with Gasteiger partial charge >= 0.3 is 0 Å². The Morgan fingerprint density at radius 1 is 1.27 bits per heavy atom. The lowest BCUT2D eigenvalue weighted by molar-refractivity contribution is -0.118. The van der Waals surface area contributed by atoms with E-state index in [9.17, 15) is 9.59 Å². The van der Waals surface area contributed by atoms with Crippen LogP contribution in [0, 0.1) is 13.8 Å². The molecule has 0 spiro atoms. The molecule has 0 saturated heterocycles. The molecule has 26 heavy (non-hydrogen) atoms. The molecule has 0 radical (unpaired) electrons. The molecule has 0 bridgehead atoms. The van der Waals surface area contributed by atoms with E-state index in [1.165, 1.54) is 22.5 Å². The highest BCUT2D eigenvalue weighted by atomic mass is 32.1. The summed E-state index contributed by atoms with van der Waals surface area (Å²) in [4.78, 5) is 29.9. The molecule has 0 aliphatic heterocycles. The zero-order valence-electron chi connectivity index (χ0n) is 15.3. The SMILES string of the molecule is CCCc1nc2scc(-c3ccc(C)c(C)c3)c2c(=O)n1CCC(N)=O. The standard InChI is InChI=1S/C20H23N3O2S/c1-4-5-17-22-19-18(20(25)23(17)9-8-16(21)24)15(11-26-19)14-7-6-12(2)13(3)10-14/h6-7,10-11H,4-5,8-9H2,1-3H3,(H2,21,24). The molecule has 0 atom stereocenters. The quantitative estimate of drug-likeness (QED) is 0.721. The van der Waals surface area contributed by atoms with Gasteiger partial charge in [0.2, 0.25) is 5.91 Å². The molecule has 1 aromatic carbocycles. The number of carbonyl (C=O) groups excluding carboxylic acids is 1. The maximum absolute atomic E-state index is 13.2. The van der Waals surface area contributed by atoms with Crippen LogP contribution >= 0.6 is 11.3 Å². The Hall–Kier alpha value is -2.47. The lowest BCUT2D eigenvalue weighted by Crippen LogP contribution is -2.27. The fourth-order valence-corrected chi connectivity index (χ4v) is 4.01. The van der Waals surface area contributed by atoms with Crippen molar-refractivity contribution in [3.8, 4) is 11.1 Å². The van der Waals surface area contributed by atoms with E-state index < -0.39 is 5.91 Å². The third-order valence-electron chi connectivity index (χ3n) is 4.65.